The number of benzene rings is 1. The molecule has 0 heterocycles. The van der Waals surface area contributed by atoms with Crippen LogP contribution in [0.1, 0.15) is 49.3 Å². The van der Waals surface area contributed by atoms with E-state index in [1.165, 1.54) is 29.5 Å². The van der Waals surface area contributed by atoms with E-state index in [-0.39, 0.29) is 0 Å². The maximum Gasteiger partial charge on any atom is 0.122 e. The van der Waals surface area contributed by atoms with Crippen molar-refractivity contribution in [2.45, 2.75) is 46.0 Å². The fourth-order valence-electron chi connectivity index (χ4n) is 2.32. The van der Waals surface area contributed by atoms with E-state index >= 15 is 0 Å². The summed E-state index contributed by atoms with van der Waals surface area (Å²) in [4.78, 5) is 0. The molecule has 0 aromatic heterocycles. The van der Waals surface area contributed by atoms with Crippen LogP contribution in [0.3, 0.4) is 0 Å². The molecule has 18 heavy (non-hydrogen) atoms. The Kier molecular flexibility index (Phi) is 4.28. The Morgan fingerprint density at radius 3 is 2.61 bits per heavy atom. The maximum absolute atomic E-state index is 5.95. The molecule has 1 aromatic carbocycles. The molecule has 0 radical (unpaired) electrons. The zero-order valence-electron chi connectivity index (χ0n) is 11.8. The lowest BCUT2D eigenvalue weighted by molar-refractivity contribution is 0.297. The van der Waals surface area contributed by atoms with E-state index in [4.69, 9.17) is 10.5 Å². The lowest BCUT2D eigenvalue weighted by Crippen LogP contribution is -2.08. The largest absolute Gasteiger partial charge is 0.493 e. The molecule has 1 saturated carbocycles. The number of hydrogen-bond donors (Lipinski definition) is 1. The Balaban J connectivity index is 2.20. The predicted molar refractivity (Wildman–Crippen MR) is 76.2 cm³/mol. The first-order chi connectivity index (χ1) is 8.61. The van der Waals surface area contributed by atoms with Crippen molar-refractivity contribution in [3.63, 3.8) is 0 Å². The second-order valence-electron chi connectivity index (χ2n) is 5.76. The number of ether oxygens (including phenoxy) is 1. The topological polar surface area (TPSA) is 35.2 Å². The van der Waals surface area contributed by atoms with Crippen molar-refractivity contribution >= 4 is 0 Å². The summed E-state index contributed by atoms with van der Waals surface area (Å²) in [5.74, 6) is 2.39. The SMILES string of the molecule is Cc1cc(CCN)c(C(C)C)cc1OCC1CC1. The van der Waals surface area contributed by atoms with Crippen molar-refractivity contribution in [3.8, 4) is 5.75 Å². The van der Waals surface area contributed by atoms with E-state index in [1.807, 2.05) is 0 Å². The van der Waals surface area contributed by atoms with E-state index in [0.717, 1.165) is 24.7 Å². The molecule has 2 rings (SSSR count). The summed E-state index contributed by atoms with van der Waals surface area (Å²) in [6, 6.07) is 4.48. The Morgan fingerprint density at radius 1 is 1.33 bits per heavy atom. The van der Waals surface area contributed by atoms with Crippen LogP contribution >= 0.6 is 0 Å². The van der Waals surface area contributed by atoms with Gasteiger partial charge < -0.3 is 10.5 Å². The number of nitrogens with two attached hydrogens (primary N) is 1. The molecule has 1 fully saturated rings. The van der Waals surface area contributed by atoms with Crippen LogP contribution in [0.4, 0.5) is 0 Å². The normalized spacial score (nSPS) is 15.2. The highest BCUT2D eigenvalue weighted by Crippen LogP contribution is 2.32. The summed E-state index contributed by atoms with van der Waals surface area (Å²) < 4.78 is 5.95. The van der Waals surface area contributed by atoms with Crippen LogP contribution in [0.25, 0.3) is 0 Å². The van der Waals surface area contributed by atoms with Gasteiger partial charge in [-0.25, -0.2) is 0 Å². The van der Waals surface area contributed by atoms with Gasteiger partial charge in [0.1, 0.15) is 5.75 Å². The van der Waals surface area contributed by atoms with Crippen LogP contribution < -0.4 is 10.5 Å². The minimum absolute atomic E-state index is 0.524. The van der Waals surface area contributed by atoms with Crippen LogP contribution in [0, 0.1) is 12.8 Å². The third kappa shape index (κ3) is 3.26. The van der Waals surface area contributed by atoms with Crippen LogP contribution in [0.5, 0.6) is 5.75 Å². The zero-order chi connectivity index (χ0) is 13.1. The van der Waals surface area contributed by atoms with Crippen molar-refractivity contribution in [2.75, 3.05) is 13.2 Å². The van der Waals surface area contributed by atoms with E-state index in [1.54, 1.807) is 0 Å². The molecule has 1 aromatic rings. The molecule has 2 nitrogen and oxygen atoms in total. The second-order valence-corrected chi connectivity index (χ2v) is 5.76. The maximum atomic E-state index is 5.95. The zero-order valence-corrected chi connectivity index (χ0v) is 11.8. The first-order valence-corrected chi connectivity index (χ1v) is 7.08. The summed E-state index contributed by atoms with van der Waals surface area (Å²) in [7, 11) is 0. The number of rotatable bonds is 6. The molecule has 0 unspecified atom stereocenters. The molecule has 100 valence electrons. The molecular formula is C16H25NO. The van der Waals surface area contributed by atoms with E-state index in [9.17, 15) is 0 Å². The highest BCUT2D eigenvalue weighted by molar-refractivity contribution is 5.43. The highest BCUT2D eigenvalue weighted by atomic mass is 16.5. The summed E-state index contributed by atoms with van der Waals surface area (Å²) in [6.07, 6.45) is 3.62. The van der Waals surface area contributed by atoms with Gasteiger partial charge in [0.15, 0.2) is 0 Å². The summed E-state index contributed by atoms with van der Waals surface area (Å²) in [6.45, 7) is 8.19. The van der Waals surface area contributed by atoms with Gasteiger partial charge in [0.25, 0.3) is 0 Å². The van der Waals surface area contributed by atoms with Gasteiger partial charge in [0.05, 0.1) is 6.61 Å². The molecule has 0 atom stereocenters. The van der Waals surface area contributed by atoms with Crippen molar-refractivity contribution in [3.05, 3.63) is 28.8 Å². The van der Waals surface area contributed by atoms with Gasteiger partial charge in [-0.15, -0.1) is 0 Å². The third-order valence-corrected chi connectivity index (χ3v) is 3.64. The van der Waals surface area contributed by atoms with Crippen LogP contribution in [0.2, 0.25) is 0 Å². The lowest BCUT2D eigenvalue weighted by Gasteiger charge is -2.17. The van der Waals surface area contributed by atoms with E-state index in [0.29, 0.717) is 12.5 Å². The number of aryl methyl sites for hydroxylation is 1. The summed E-state index contributed by atoms with van der Waals surface area (Å²) in [5, 5.41) is 0. The molecule has 0 spiro atoms. The van der Waals surface area contributed by atoms with Gasteiger partial charge in [-0.05, 0) is 67.3 Å². The van der Waals surface area contributed by atoms with Gasteiger partial charge in [0.2, 0.25) is 0 Å². The first-order valence-electron chi connectivity index (χ1n) is 7.08. The van der Waals surface area contributed by atoms with E-state index < -0.39 is 0 Å². The average molecular weight is 247 g/mol. The number of hydrogen-bond acceptors (Lipinski definition) is 2. The molecule has 2 N–H and O–H groups in total. The molecule has 1 aliphatic carbocycles. The minimum atomic E-state index is 0.524. The van der Waals surface area contributed by atoms with Crippen molar-refractivity contribution < 1.29 is 4.74 Å². The molecule has 0 bridgehead atoms. The van der Waals surface area contributed by atoms with Crippen molar-refractivity contribution in [2.24, 2.45) is 11.7 Å². The van der Waals surface area contributed by atoms with Crippen molar-refractivity contribution in [1.29, 1.82) is 0 Å². The van der Waals surface area contributed by atoms with Gasteiger partial charge in [-0.3, -0.25) is 0 Å². The Hall–Kier alpha value is -1.02. The van der Waals surface area contributed by atoms with Gasteiger partial charge >= 0.3 is 0 Å². The molecule has 0 saturated heterocycles. The lowest BCUT2D eigenvalue weighted by atomic mass is 9.93. The van der Waals surface area contributed by atoms with Gasteiger partial charge in [-0.2, -0.15) is 0 Å². The Labute approximate surface area is 111 Å². The van der Waals surface area contributed by atoms with Crippen LogP contribution in [0.15, 0.2) is 12.1 Å². The van der Waals surface area contributed by atoms with Crippen LogP contribution in [-0.2, 0) is 6.42 Å². The average Bonchev–Trinajstić information content (AvgIpc) is 3.11. The smallest absolute Gasteiger partial charge is 0.122 e. The second kappa shape index (κ2) is 5.75. The van der Waals surface area contributed by atoms with Crippen molar-refractivity contribution in [1.82, 2.24) is 0 Å². The third-order valence-electron chi connectivity index (χ3n) is 3.64. The predicted octanol–water partition coefficient (Wildman–Crippen LogP) is 3.41. The van der Waals surface area contributed by atoms with E-state index in [2.05, 4.69) is 32.9 Å². The quantitative estimate of drug-likeness (QED) is 0.836. The molecule has 0 aliphatic heterocycles. The molecular weight excluding hydrogens is 222 g/mol. The fourth-order valence-corrected chi connectivity index (χ4v) is 2.32. The first kappa shape index (κ1) is 13.4. The molecule has 2 heteroatoms. The Morgan fingerprint density at radius 2 is 2.06 bits per heavy atom. The summed E-state index contributed by atoms with van der Waals surface area (Å²) >= 11 is 0. The highest BCUT2D eigenvalue weighted by Gasteiger charge is 2.22. The standard InChI is InChI=1S/C16H25NO/c1-11(2)15-9-16(18-10-13-4-5-13)12(3)8-14(15)6-7-17/h8-9,11,13H,4-7,10,17H2,1-3H3. The van der Waals surface area contributed by atoms with Crippen LogP contribution in [-0.4, -0.2) is 13.2 Å². The molecule has 1 aliphatic rings. The van der Waals surface area contributed by atoms with Gasteiger partial charge in [-0.1, -0.05) is 19.9 Å². The molecule has 0 amide bonds. The minimum Gasteiger partial charge on any atom is -0.493 e. The summed E-state index contributed by atoms with van der Waals surface area (Å²) in [5.41, 5.74) is 9.70. The monoisotopic (exact) mass is 247 g/mol. The fraction of sp³-hybridized carbons (Fsp3) is 0.625. The Bertz CT molecular complexity index is 408. The van der Waals surface area contributed by atoms with Gasteiger partial charge in [0, 0.05) is 0 Å².